The standard InChI is InChI=1S/C28H36N2O2/c1-17-11-21(13-23(27(5,6)7)25(17)31-15-29)19(3)20(4)22-12-18(2)26(32-16-30)24(14-22)28(8,9)10/h11-14,19-20H,1-10H3. The van der Waals surface area contributed by atoms with E-state index in [1.807, 2.05) is 26.4 Å². The van der Waals surface area contributed by atoms with Crippen LogP contribution in [0.3, 0.4) is 0 Å². The lowest BCUT2D eigenvalue weighted by molar-refractivity contribution is 0.466. The van der Waals surface area contributed by atoms with Gasteiger partial charge < -0.3 is 9.47 Å². The number of aryl methyl sites for hydroxylation is 2. The van der Waals surface area contributed by atoms with Gasteiger partial charge in [0, 0.05) is 11.1 Å². The van der Waals surface area contributed by atoms with Crippen LogP contribution >= 0.6 is 0 Å². The molecule has 0 radical (unpaired) electrons. The Morgan fingerprint density at radius 2 is 0.969 bits per heavy atom. The lowest BCUT2D eigenvalue weighted by Gasteiger charge is -2.29. The number of nitriles is 2. The van der Waals surface area contributed by atoms with Crippen molar-refractivity contribution in [1.29, 1.82) is 10.5 Å². The van der Waals surface area contributed by atoms with Crippen LogP contribution in [0.5, 0.6) is 11.5 Å². The smallest absolute Gasteiger partial charge is 0.292 e. The van der Waals surface area contributed by atoms with E-state index in [2.05, 4.69) is 79.7 Å². The Hall–Kier alpha value is -2.98. The fourth-order valence-corrected chi connectivity index (χ4v) is 4.18. The Morgan fingerprint density at radius 3 is 1.22 bits per heavy atom. The van der Waals surface area contributed by atoms with E-state index < -0.39 is 0 Å². The van der Waals surface area contributed by atoms with E-state index in [0.29, 0.717) is 11.5 Å². The van der Waals surface area contributed by atoms with Gasteiger partial charge in [-0.1, -0.05) is 79.7 Å². The van der Waals surface area contributed by atoms with Crippen molar-refractivity contribution in [2.75, 3.05) is 0 Å². The van der Waals surface area contributed by atoms with Crippen molar-refractivity contribution in [2.24, 2.45) is 0 Å². The number of hydrogen-bond acceptors (Lipinski definition) is 4. The summed E-state index contributed by atoms with van der Waals surface area (Å²) >= 11 is 0. The van der Waals surface area contributed by atoms with Gasteiger partial charge in [0.05, 0.1) is 0 Å². The third-order valence-electron chi connectivity index (χ3n) is 6.31. The minimum absolute atomic E-state index is 0.151. The zero-order chi connectivity index (χ0) is 24.4. The molecule has 0 saturated carbocycles. The Morgan fingerprint density at radius 1 is 0.656 bits per heavy atom. The fraction of sp³-hybridized carbons (Fsp3) is 0.500. The van der Waals surface area contributed by atoms with Crippen LogP contribution in [0.2, 0.25) is 0 Å². The molecule has 4 nitrogen and oxygen atoms in total. The summed E-state index contributed by atoms with van der Waals surface area (Å²) in [5.41, 5.74) is 6.16. The van der Waals surface area contributed by atoms with Crippen LogP contribution in [0.4, 0.5) is 0 Å². The van der Waals surface area contributed by atoms with Gasteiger partial charge in [-0.25, -0.2) is 0 Å². The third-order valence-corrected chi connectivity index (χ3v) is 6.31. The Labute approximate surface area is 193 Å². The lowest BCUT2D eigenvalue weighted by atomic mass is 9.77. The molecule has 2 atom stereocenters. The molecule has 0 fully saturated rings. The van der Waals surface area contributed by atoms with E-state index in [-0.39, 0.29) is 22.7 Å². The highest BCUT2D eigenvalue weighted by Gasteiger charge is 2.27. The molecule has 0 spiro atoms. The van der Waals surface area contributed by atoms with Crippen LogP contribution in [0.15, 0.2) is 24.3 Å². The normalized spacial score (nSPS) is 13.6. The lowest BCUT2D eigenvalue weighted by Crippen LogP contribution is -2.17. The minimum Gasteiger partial charge on any atom is -0.387 e. The Kier molecular flexibility index (Phi) is 7.31. The molecular formula is C28H36N2O2. The zero-order valence-corrected chi connectivity index (χ0v) is 21.2. The van der Waals surface area contributed by atoms with Crippen molar-refractivity contribution in [3.8, 4) is 24.0 Å². The van der Waals surface area contributed by atoms with Crippen LogP contribution in [0.25, 0.3) is 0 Å². The maximum Gasteiger partial charge on any atom is 0.292 e. The largest absolute Gasteiger partial charge is 0.387 e. The first kappa shape index (κ1) is 25.3. The van der Waals surface area contributed by atoms with Crippen LogP contribution in [0.1, 0.15) is 101 Å². The molecule has 0 aliphatic carbocycles. The van der Waals surface area contributed by atoms with Crippen LogP contribution in [-0.2, 0) is 10.8 Å². The molecule has 0 heterocycles. The monoisotopic (exact) mass is 432 g/mol. The van der Waals surface area contributed by atoms with E-state index in [4.69, 9.17) is 20.0 Å². The van der Waals surface area contributed by atoms with E-state index in [0.717, 1.165) is 22.3 Å². The van der Waals surface area contributed by atoms with Crippen molar-refractivity contribution < 1.29 is 9.47 Å². The molecule has 2 aromatic rings. The molecule has 0 bridgehead atoms. The highest BCUT2D eigenvalue weighted by atomic mass is 16.5. The zero-order valence-electron chi connectivity index (χ0n) is 21.2. The maximum absolute atomic E-state index is 9.13. The minimum atomic E-state index is -0.151. The van der Waals surface area contributed by atoms with Gasteiger partial charge in [0.25, 0.3) is 12.5 Å². The van der Waals surface area contributed by atoms with Crippen molar-refractivity contribution in [1.82, 2.24) is 0 Å². The molecular weight excluding hydrogens is 396 g/mol. The molecule has 0 aliphatic heterocycles. The highest BCUT2D eigenvalue weighted by molar-refractivity contribution is 5.51. The predicted molar refractivity (Wildman–Crippen MR) is 129 cm³/mol. The number of nitrogens with zero attached hydrogens (tertiary/aromatic N) is 2. The van der Waals surface area contributed by atoms with Gasteiger partial charge in [0.15, 0.2) is 0 Å². The molecule has 2 unspecified atom stereocenters. The predicted octanol–water partition coefficient (Wildman–Crippen LogP) is 7.53. The van der Waals surface area contributed by atoms with Crippen LogP contribution < -0.4 is 9.47 Å². The molecule has 4 heteroatoms. The number of ether oxygens (including phenoxy) is 2. The SMILES string of the molecule is Cc1cc(C(C)C(C)c2cc(C)c(OC#N)c(C(C)(C)C)c2)cc(C(C)(C)C)c1OC#N. The molecule has 0 saturated heterocycles. The van der Waals surface area contributed by atoms with Crippen LogP contribution in [0, 0.1) is 36.9 Å². The molecule has 0 aliphatic rings. The molecule has 0 aromatic heterocycles. The van der Waals surface area contributed by atoms with Gasteiger partial charge in [-0.15, -0.1) is 10.5 Å². The summed E-state index contributed by atoms with van der Waals surface area (Å²) < 4.78 is 10.7. The van der Waals surface area contributed by atoms with Gasteiger partial charge in [-0.2, -0.15) is 0 Å². The highest BCUT2D eigenvalue weighted by Crippen LogP contribution is 2.42. The van der Waals surface area contributed by atoms with E-state index in [9.17, 15) is 0 Å². The van der Waals surface area contributed by atoms with Gasteiger partial charge in [-0.3, -0.25) is 0 Å². The van der Waals surface area contributed by atoms with Crippen LogP contribution in [-0.4, -0.2) is 0 Å². The second kappa shape index (κ2) is 9.25. The average Bonchev–Trinajstić information content (AvgIpc) is 2.68. The Bertz CT molecular complexity index is 986. The topological polar surface area (TPSA) is 66.0 Å². The quantitative estimate of drug-likeness (QED) is 0.458. The van der Waals surface area contributed by atoms with E-state index in [1.165, 1.54) is 11.1 Å². The molecule has 2 rings (SSSR count). The molecule has 170 valence electrons. The second-order valence-corrected chi connectivity index (χ2v) is 10.9. The summed E-state index contributed by atoms with van der Waals surface area (Å²) in [5.74, 6) is 1.79. The fourth-order valence-electron chi connectivity index (χ4n) is 4.18. The maximum atomic E-state index is 9.13. The second-order valence-electron chi connectivity index (χ2n) is 10.9. The van der Waals surface area contributed by atoms with Crippen molar-refractivity contribution in [3.63, 3.8) is 0 Å². The van der Waals surface area contributed by atoms with Crippen molar-refractivity contribution >= 4 is 0 Å². The first-order valence-corrected chi connectivity index (χ1v) is 11.1. The van der Waals surface area contributed by atoms with E-state index >= 15 is 0 Å². The summed E-state index contributed by atoms with van der Waals surface area (Å²) in [4.78, 5) is 0. The molecule has 32 heavy (non-hydrogen) atoms. The summed E-state index contributed by atoms with van der Waals surface area (Å²) in [5, 5.41) is 18.3. The van der Waals surface area contributed by atoms with Gasteiger partial charge in [0.1, 0.15) is 11.5 Å². The number of rotatable bonds is 5. The van der Waals surface area contributed by atoms with Gasteiger partial charge in [-0.05, 0) is 58.8 Å². The number of benzene rings is 2. The van der Waals surface area contributed by atoms with Gasteiger partial charge in [0.2, 0.25) is 0 Å². The summed E-state index contributed by atoms with van der Waals surface area (Å²) in [6, 6.07) is 8.64. The average molecular weight is 433 g/mol. The summed E-state index contributed by atoms with van der Waals surface area (Å²) in [6.45, 7) is 21.3. The molecule has 0 N–H and O–H groups in total. The van der Waals surface area contributed by atoms with Gasteiger partial charge >= 0.3 is 0 Å². The third kappa shape index (κ3) is 5.25. The number of hydrogen-bond donors (Lipinski definition) is 0. The molecule has 0 amide bonds. The first-order chi connectivity index (χ1) is 14.7. The molecule has 2 aromatic carbocycles. The van der Waals surface area contributed by atoms with E-state index in [1.54, 1.807) is 0 Å². The summed E-state index contributed by atoms with van der Waals surface area (Å²) in [6.07, 6.45) is 3.68. The Balaban J connectivity index is 2.59. The van der Waals surface area contributed by atoms with Crippen molar-refractivity contribution in [2.45, 2.75) is 91.9 Å². The van der Waals surface area contributed by atoms with Crippen molar-refractivity contribution in [3.05, 3.63) is 57.6 Å². The first-order valence-electron chi connectivity index (χ1n) is 11.1. The summed E-state index contributed by atoms with van der Waals surface area (Å²) in [7, 11) is 0.